The zero-order valence-corrected chi connectivity index (χ0v) is 18.8. The second-order valence-electron chi connectivity index (χ2n) is 8.46. The predicted octanol–water partition coefficient (Wildman–Crippen LogP) is 4.35. The van der Waals surface area contributed by atoms with Crippen LogP contribution in [0.4, 0.5) is 0 Å². The minimum absolute atomic E-state index is 0.113. The van der Waals surface area contributed by atoms with Gasteiger partial charge in [0, 0.05) is 12.1 Å². The van der Waals surface area contributed by atoms with Crippen LogP contribution in [-0.4, -0.2) is 34.9 Å². The first kappa shape index (κ1) is 23.5. The molecule has 2 amide bonds. The van der Waals surface area contributed by atoms with Crippen LogP contribution >= 0.6 is 0 Å². The van der Waals surface area contributed by atoms with E-state index >= 15 is 0 Å². The van der Waals surface area contributed by atoms with Gasteiger partial charge < -0.3 is 15.0 Å². The lowest BCUT2D eigenvalue weighted by molar-refractivity contribution is -0.143. The first-order valence-electron chi connectivity index (χ1n) is 10.6. The van der Waals surface area contributed by atoms with Crippen LogP contribution in [0.3, 0.4) is 0 Å². The van der Waals surface area contributed by atoms with E-state index in [0.717, 1.165) is 12.0 Å². The first-order chi connectivity index (χ1) is 14.2. The van der Waals surface area contributed by atoms with E-state index in [0.29, 0.717) is 18.7 Å². The maximum Gasteiger partial charge on any atom is 0.261 e. The molecule has 30 heavy (non-hydrogen) atoms. The van der Waals surface area contributed by atoms with Gasteiger partial charge in [0.15, 0.2) is 6.61 Å². The zero-order chi connectivity index (χ0) is 22.1. The van der Waals surface area contributed by atoms with E-state index in [1.165, 1.54) is 5.56 Å². The van der Waals surface area contributed by atoms with Crippen LogP contribution in [0.1, 0.15) is 52.2 Å². The monoisotopic (exact) mass is 410 g/mol. The summed E-state index contributed by atoms with van der Waals surface area (Å²) in [7, 11) is 0. The number of amides is 2. The second kappa shape index (κ2) is 10.8. The molecule has 2 aromatic carbocycles. The van der Waals surface area contributed by atoms with Gasteiger partial charge in [-0.25, -0.2) is 0 Å². The van der Waals surface area contributed by atoms with Crippen molar-refractivity contribution in [3.05, 3.63) is 65.7 Å². The highest BCUT2D eigenvalue weighted by molar-refractivity contribution is 5.88. The number of benzene rings is 2. The van der Waals surface area contributed by atoms with Gasteiger partial charge >= 0.3 is 0 Å². The molecule has 0 aliphatic heterocycles. The molecule has 162 valence electrons. The molecule has 0 saturated heterocycles. The highest BCUT2D eigenvalue weighted by atomic mass is 16.5. The van der Waals surface area contributed by atoms with Gasteiger partial charge in [0.05, 0.1) is 0 Å². The Morgan fingerprint density at radius 2 is 1.60 bits per heavy atom. The van der Waals surface area contributed by atoms with Crippen molar-refractivity contribution in [3.63, 3.8) is 0 Å². The maximum absolute atomic E-state index is 13.1. The van der Waals surface area contributed by atoms with Gasteiger partial charge in [0.2, 0.25) is 5.91 Å². The molecule has 5 heteroatoms. The van der Waals surface area contributed by atoms with Crippen LogP contribution in [-0.2, 0) is 22.6 Å². The fourth-order valence-corrected chi connectivity index (χ4v) is 3.20. The first-order valence-corrected chi connectivity index (χ1v) is 10.6. The molecule has 0 aliphatic carbocycles. The molecule has 0 saturated carbocycles. The minimum atomic E-state index is -0.567. The van der Waals surface area contributed by atoms with Crippen LogP contribution in [0.2, 0.25) is 0 Å². The fourth-order valence-electron chi connectivity index (χ4n) is 3.20. The molecule has 1 unspecified atom stereocenters. The number of carbonyl (C=O) groups excluding carboxylic acids is 2. The van der Waals surface area contributed by atoms with Gasteiger partial charge in [-0.1, -0.05) is 56.3 Å². The number of hydrogen-bond donors (Lipinski definition) is 1. The predicted molar refractivity (Wildman–Crippen MR) is 120 cm³/mol. The lowest BCUT2D eigenvalue weighted by Gasteiger charge is -2.33. The largest absolute Gasteiger partial charge is 0.484 e. The molecule has 1 N–H and O–H groups in total. The van der Waals surface area contributed by atoms with Gasteiger partial charge in [-0.15, -0.1) is 0 Å². The summed E-state index contributed by atoms with van der Waals surface area (Å²) >= 11 is 0. The number of carbonyl (C=O) groups is 2. The van der Waals surface area contributed by atoms with E-state index in [4.69, 9.17) is 4.74 Å². The van der Waals surface area contributed by atoms with E-state index in [2.05, 4.69) is 12.2 Å². The topological polar surface area (TPSA) is 58.6 Å². The SMILES string of the molecule is CCc1ccc(OCC(=O)N(Cc2ccccc2)C(CC)C(=O)NC(C)(C)C)cc1. The van der Waals surface area contributed by atoms with Crippen molar-refractivity contribution in [2.75, 3.05) is 6.61 Å². The number of nitrogens with zero attached hydrogens (tertiary/aromatic N) is 1. The number of aryl methyl sites for hydroxylation is 1. The molecule has 0 fully saturated rings. The molecular formula is C25H34N2O3. The maximum atomic E-state index is 13.1. The Bertz CT molecular complexity index is 811. The summed E-state index contributed by atoms with van der Waals surface area (Å²) < 4.78 is 5.74. The Hall–Kier alpha value is -2.82. The quantitative estimate of drug-likeness (QED) is 0.669. The average Bonchev–Trinajstić information content (AvgIpc) is 2.71. The Labute approximate surface area is 180 Å². The Kier molecular flexibility index (Phi) is 8.46. The summed E-state index contributed by atoms with van der Waals surface area (Å²) in [5.41, 5.74) is 1.81. The molecule has 1 atom stereocenters. The molecule has 5 nitrogen and oxygen atoms in total. The average molecular weight is 411 g/mol. The Balaban J connectivity index is 2.17. The fraction of sp³-hybridized carbons (Fsp3) is 0.440. The van der Waals surface area contributed by atoms with E-state index < -0.39 is 6.04 Å². The van der Waals surface area contributed by atoms with Gasteiger partial charge in [-0.2, -0.15) is 0 Å². The van der Waals surface area contributed by atoms with Crippen LogP contribution in [0.5, 0.6) is 5.75 Å². The molecule has 0 aliphatic rings. The van der Waals surface area contributed by atoms with Crippen molar-refractivity contribution < 1.29 is 14.3 Å². The second-order valence-corrected chi connectivity index (χ2v) is 8.46. The molecule has 0 heterocycles. The van der Waals surface area contributed by atoms with E-state index in [1.807, 2.05) is 82.3 Å². The minimum Gasteiger partial charge on any atom is -0.484 e. The van der Waals surface area contributed by atoms with Gasteiger partial charge in [-0.3, -0.25) is 9.59 Å². The molecule has 0 radical (unpaired) electrons. The zero-order valence-electron chi connectivity index (χ0n) is 18.8. The van der Waals surface area contributed by atoms with Crippen molar-refractivity contribution >= 4 is 11.8 Å². The van der Waals surface area contributed by atoms with Gasteiger partial charge in [0.25, 0.3) is 5.91 Å². The third-order valence-corrected chi connectivity index (χ3v) is 4.77. The normalized spacial score (nSPS) is 12.2. The molecule has 0 aromatic heterocycles. The highest BCUT2D eigenvalue weighted by Gasteiger charge is 2.30. The van der Waals surface area contributed by atoms with E-state index in [9.17, 15) is 9.59 Å². The lowest BCUT2D eigenvalue weighted by atomic mass is 10.1. The number of rotatable bonds is 9. The Morgan fingerprint density at radius 1 is 0.967 bits per heavy atom. The van der Waals surface area contributed by atoms with Crippen molar-refractivity contribution in [2.24, 2.45) is 0 Å². The molecule has 2 rings (SSSR count). The van der Waals surface area contributed by atoms with Crippen LogP contribution in [0.15, 0.2) is 54.6 Å². The summed E-state index contributed by atoms with van der Waals surface area (Å²) in [6.45, 7) is 10.1. The molecule has 0 spiro atoms. The number of nitrogens with one attached hydrogen (secondary N) is 1. The van der Waals surface area contributed by atoms with Crippen LogP contribution in [0, 0.1) is 0 Å². The van der Waals surface area contributed by atoms with Crippen molar-refractivity contribution in [1.29, 1.82) is 0 Å². The van der Waals surface area contributed by atoms with E-state index in [1.54, 1.807) is 4.90 Å². The number of hydrogen-bond acceptors (Lipinski definition) is 3. The summed E-state index contributed by atoms with van der Waals surface area (Å²) in [6.07, 6.45) is 1.47. The summed E-state index contributed by atoms with van der Waals surface area (Å²) in [6, 6.07) is 16.9. The summed E-state index contributed by atoms with van der Waals surface area (Å²) in [5.74, 6) is 0.281. The highest BCUT2D eigenvalue weighted by Crippen LogP contribution is 2.16. The third-order valence-electron chi connectivity index (χ3n) is 4.77. The Morgan fingerprint density at radius 3 is 2.13 bits per heavy atom. The smallest absolute Gasteiger partial charge is 0.261 e. The van der Waals surface area contributed by atoms with Crippen molar-refractivity contribution in [2.45, 2.75) is 65.6 Å². The number of ether oxygens (including phenoxy) is 1. The lowest BCUT2D eigenvalue weighted by Crippen LogP contribution is -2.54. The van der Waals surface area contributed by atoms with Crippen molar-refractivity contribution in [3.8, 4) is 5.75 Å². The van der Waals surface area contributed by atoms with Crippen LogP contribution < -0.4 is 10.1 Å². The van der Waals surface area contributed by atoms with Gasteiger partial charge in [-0.05, 0) is 56.9 Å². The summed E-state index contributed by atoms with van der Waals surface area (Å²) in [5, 5.41) is 3.00. The molecule has 0 bridgehead atoms. The third kappa shape index (κ3) is 7.21. The van der Waals surface area contributed by atoms with Crippen LogP contribution in [0.25, 0.3) is 0 Å². The van der Waals surface area contributed by atoms with E-state index in [-0.39, 0.29) is 24.0 Å². The molecule has 2 aromatic rings. The van der Waals surface area contributed by atoms with Crippen molar-refractivity contribution in [1.82, 2.24) is 10.2 Å². The summed E-state index contributed by atoms with van der Waals surface area (Å²) in [4.78, 5) is 27.7. The standard InChI is InChI=1S/C25H34N2O3/c1-6-19-13-15-21(16-14-19)30-18-23(28)27(17-20-11-9-8-10-12-20)22(7-2)24(29)26-25(3,4)5/h8-16,22H,6-7,17-18H2,1-5H3,(H,26,29). The van der Waals surface area contributed by atoms with Gasteiger partial charge in [0.1, 0.15) is 11.8 Å². The molecular weight excluding hydrogens is 376 g/mol.